The van der Waals surface area contributed by atoms with Crippen LogP contribution in [0, 0.1) is 5.41 Å². The Labute approximate surface area is 215 Å². The maximum atomic E-state index is 13.3. The number of carboxylic acids is 1. The second-order valence-electron chi connectivity index (χ2n) is 10.0. The maximum absolute atomic E-state index is 13.3. The molecule has 0 radical (unpaired) electrons. The number of alkyl halides is 3. The summed E-state index contributed by atoms with van der Waals surface area (Å²) in [6.07, 6.45) is 5.55. The van der Waals surface area contributed by atoms with E-state index in [1.807, 2.05) is 0 Å². The highest BCUT2D eigenvalue weighted by Crippen LogP contribution is 2.34. The van der Waals surface area contributed by atoms with Gasteiger partial charge in [-0.2, -0.15) is 13.2 Å². The van der Waals surface area contributed by atoms with Gasteiger partial charge in [0.2, 0.25) is 0 Å². The van der Waals surface area contributed by atoms with Crippen LogP contribution in [0.3, 0.4) is 0 Å². The number of carboxylic acid groups (broad SMARTS) is 1. The summed E-state index contributed by atoms with van der Waals surface area (Å²) in [7, 11) is -0.790. The van der Waals surface area contributed by atoms with Crippen molar-refractivity contribution >= 4 is 16.0 Å². The average molecular weight is 541 g/mol. The second-order valence-corrected chi connectivity index (χ2v) is 14.6. The third kappa shape index (κ3) is 7.93. The number of ether oxygens (including phenoxy) is 2. The summed E-state index contributed by atoms with van der Waals surface area (Å²) >= 11 is 0. The number of nitrogens with zero attached hydrogens (tertiary/aromatic N) is 4. The molecule has 0 fully saturated rings. The largest absolute Gasteiger partial charge is 0.492 e. The van der Waals surface area contributed by atoms with Crippen molar-refractivity contribution in [3.05, 3.63) is 48.5 Å². The van der Waals surface area contributed by atoms with Crippen LogP contribution in [-0.4, -0.2) is 68.3 Å². The van der Waals surface area contributed by atoms with E-state index in [2.05, 4.69) is 33.7 Å². The minimum atomic E-state index is -4.60. The topological polar surface area (TPSA) is 99.4 Å². The van der Waals surface area contributed by atoms with E-state index in [1.165, 1.54) is 17.0 Å². The van der Waals surface area contributed by atoms with Gasteiger partial charge in [0.05, 0.1) is 30.1 Å². The number of carbonyl (C=O) groups is 1. The first kappa shape index (κ1) is 28.5. The van der Waals surface area contributed by atoms with Crippen LogP contribution >= 0.6 is 10.0 Å². The standard InChI is InChI=1S/C25H31F3N4O4S/c1-24(2,23(33)34)15-36-18-8-6-17(7-9-18)19-12-30-20(13-29-19)22-31-21(25(26,27)28)14-32(22)16-35-10-11-37(3,4)5/h6-9,12-14H,10-11,15-16H2,1-5H3,(H,33,34). The van der Waals surface area contributed by atoms with Crippen molar-refractivity contribution in [3.8, 4) is 28.5 Å². The Hall–Kier alpha value is -3.12. The zero-order valence-electron chi connectivity index (χ0n) is 21.4. The summed E-state index contributed by atoms with van der Waals surface area (Å²) in [6, 6.07) is 6.84. The molecule has 0 amide bonds. The van der Waals surface area contributed by atoms with Gasteiger partial charge in [0.25, 0.3) is 0 Å². The van der Waals surface area contributed by atoms with Crippen molar-refractivity contribution in [3.63, 3.8) is 0 Å². The summed E-state index contributed by atoms with van der Waals surface area (Å²) in [5, 5.41) is 9.20. The minimum absolute atomic E-state index is 0.00380. The third-order valence-corrected chi connectivity index (χ3v) is 6.74. The zero-order chi connectivity index (χ0) is 27.4. The number of hydrogen-bond donors (Lipinski definition) is 1. The van der Waals surface area contributed by atoms with E-state index < -0.39 is 33.3 Å². The van der Waals surface area contributed by atoms with E-state index in [1.54, 1.807) is 38.1 Å². The predicted octanol–water partition coefficient (Wildman–Crippen LogP) is 5.18. The molecule has 12 heteroatoms. The number of aliphatic carboxylic acids is 1. The molecular weight excluding hydrogens is 509 g/mol. The number of imidazole rings is 1. The summed E-state index contributed by atoms with van der Waals surface area (Å²) in [5.74, 6) is 0.385. The van der Waals surface area contributed by atoms with E-state index >= 15 is 0 Å². The number of benzene rings is 1. The molecule has 1 N–H and O–H groups in total. The number of aromatic nitrogens is 4. The average Bonchev–Trinajstić information content (AvgIpc) is 3.25. The molecule has 1 aromatic carbocycles. The van der Waals surface area contributed by atoms with E-state index in [4.69, 9.17) is 9.47 Å². The fourth-order valence-corrected chi connectivity index (χ4v) is 3.59. The molecule has 0 aliphatic heterocycles. The molecule has 0 spiro atoms. The lowest BCUT2D eigenvalue weighted by Gasteiger charge is -2.24. The molecule has 8 nitrogen and oxygen atoms in total. The molecule has 2 aromatic heterocycles. The molecule has 0 saturated heterocycles. The molecule has 3 rings (SSSR count). The number of rotatable bonds is 11. The Kier molecular flexibility index (Phi) is 8.53. The fourth-order valence-electron chi connectivity index (χ4n) is 2.97. The Morgan fingerprint density at radius 1 is 1.05 bits per heavy atom. The highest BCUT2D eigenvalue weighted by atomic mass is 32.3. The monoisotopic (exact) mass is 540 g/mol. The van der Waals surface area contributed by atoms with Crippen LogP contribution in [0.2, 0.25) is 0 Å². The second kappa shape index (κ2) is 11.1. The molecule has 0 aliphatic carbocycles. The molecule has 0 bridgehead atoms. The Morgan fingerprint density at radius 2 is 1.68 bits per heavy atom. The first-order valence-electron chi connectivity index (χ1n) is 11.3. The van der Waals surface area contributed by atoms with Gasteiger partial charge >= 0.3 is 12.1 Å². The molecule has 202 valence electrons. The van der Waals surface area contributed by atoms with Gasteiger partial charge in [-0.05, 0) is 56.9 Å². The molecular formula is C25H31F3N4O4S. The predicted molar refractivity (Wildman–Crippen MR) is 137 cm³/mol. The summed E-state index contributed by atoms with van der Waals surface area (Å²) in [5.41, 5.74) is -0.674. The van der Waals surface area contributed by atoms with Gasteiger partial charge in [-0.25, -0.2) is 20.0 Å². The SMILES string of the molecule is CC(C)(COc1ccc(-c2cnc(-c3nc(C(F)(F)F)cn3COCCS(C)(C)C)cn2)cc1)C(=O)O. The van der Waals surface area contributed by atoms with Crippen LogP contribution < -0.4 is 4.74 Å². The number of hydrogen-bond acceptors (Lipinski definition) is 6. The van der Waals surface area contributed by atoms with E-state index in [-0.39, 0.29) is 24.9 Å². The molecule has 37 heavy (non-hydrogen) atoms. The Bertz CT molecular complexity index is 1200. The maximum Gasteiger partial charge on any atom is 0.434 e. The van der Waals surface area contributed by atoms with E-state index in [0.717, 1.165) is 11.9 Å². The lowest BCUT2D eigenvalue weighted by Crippen LogP contribution is -2.30. The fraction of sp³-hybridized carbons (Fsp3) is 0.440. The van der Waals surface area contributed by atoms with Crippen LogP contribution in [0.5, 0.6) is 5.75 Å². The first-order valence-corrected chi connectivity index (χ1v) is 14.4. The summed E-state index contributed by atoms with van der Waals surface area (Å²) in [6.45, 7) is 3.49. The lowest BCUT2D eigenvalue weighted by molar-refractivity contribution is -0.148. The molecule has 0 saturated carbocycles. The Balaban J connectivity index is 1.75. The quantitative estimate of drug-likeness (QED) is 0.335. The van der Waals surface area contributed by atoms with Gasteiger partial charge in [-0.3, -0.25) is 9.78 Å². The van der Waals surface area contributed by atoms with Gasteiger partial charge < -0.3 is 19.1 Å². The van der Waals surface area contributed by atoms with Crippen LogP contribution in [0.15, 0.2) is 42.9 Å². The van der Waals surface area contributed by atoms with Crippen molar-refractivity contribution in [2.24, 2.45) is 5.41 Å². The van der Waals surface area contributed by atoms with Crippen LogP contribution in [0.1, 0.15) is 19.5 Å². The van der Waals surface area contributed by atoms with Gasteiger partial charge in [0, 0.05) is 17.5 Å². The van der Waals surface area contributed by atoms with E-state index in [0.29, 0.717) is 23.6 Å². The van der Waals surface area contributed by atoms with Crippen molar-refractivity contribution in [2.45, 2.75) is 26.8 Å². The van der Waals surface area contributed by atoms with Gasteiger partial charge in [-0.1, -0.05) is 0 Å². The van der Waals surface area contributed by atoms with Crippen molar-refractivity contribution in [1.82, 2.24) is 19.5 Å². The number of halogens is 3. The van der Waals surface area contributed by atoms with Crippen molar-refractivity contribution < 1.29 is 32.5 Å². The molecule has 0 atom stereocenters. The van der Waals surface area contributed by atoms with Crippen molar-refractivity contribution in [2.75, 3.05) is 37.7 Å². The van der Waals surface area contributed by atoms with Crippen molar-refractivity contribution in [1.29, 1.82) is 0 Å². The van der Waals surface area contributed by atoms with Gasteiger partial charge in [-0.15, -0.1) is 0 Å². The molecule has 0 aliphatic rings. The third-order valence-electron chi connectivity index (χ3n) is 5.35. The highest BCUT2D eigenvalue weighted by molar-refractivity contribution is 8.32. The Morgan fingerprint density at radius 3 is 2.22 bits per heavy atom. The van der Waals surface area contributed by atoms with Crippen LogP contribution in [-0.2, 0) is 22.4 Å². The molecule has 2 heterocycles. The highest BCUT2D eigenvalue weighted by Gasteiger charge is 2.35. The van der Waals surface area contributed by atoms with Crippen LogP contribution in [0.4, 0.5) is 13.2 Å². The smallest absolute Gasteiger partial charge is 0.434 e. The molecule has 0 unspecified atom stereocenters. The first-order chi connectivity index (χ1) is 17.2. The van der Waals surface area contributed by atoms with Gasteiger partial charge in [0.15, 0.2) is 11.5 Å². The molecule has 3 aromatic rings. The van der Waals surface area contributed by atoms with Gasteiger partial charge in [0.1, 0.15) is 24.8 Å². The van der Waals surface area contributed by atoms with Crippen LogP contribution in [0.25, 0.3) is 22.8 Å². The summed E-state index contributed by atoms with van der Waals surface area (Å²) in [4.78, 5) is 23.6. The normalized spacial score (nSPS) is 13.0. The van der Waals surface area contributed by atoms with E-state index in [9.17, 15) is 23.1 Å². The zero-order valence-corrected chi connectivity index (χ0v) is 22.2. The summed E-state index contributed by atoms with van der Waals surface area (Å²) < 4.78 is 52.5. The minimum Gasteiger partial charge on any atom is -0.492 e. The lowest BCUT2D eigenvalue weighted by atomic mass is 9.95.